The van der Waals surface area contributed by atoms with E-state index in [0.717, 1.165) is 61.0 Å². The minimum absolute atomic E-state index is 0.000423. The number of hydrogen-bond donors (Lipinski definition) is 0. The monoisotopic (exact) mass is 422 g/mol. The average Bonchev–Trinajstić information content (AvgIpc) is 2.77. The van der Waals surface area contributed by atoms with Gasteiger partial charge in [0.25, 0.3) is 5.56 Å². The molecule has 0 atom stereocenters. The van der Waals surface area contributed by atoms with Gasteiger partial charge in [0.1, 0.15) is 0 Å². The Hall–Kier alpha value is -2.63. The number of benzene rings is 2. The predicted molar refractivity (Wildman–Crippen MR) is 123 cm³/mol. The minimum Gasteiger partial charge on any atom is -0.369 e. The molecule has 5 nitrogen and oxygen atoms in total. The molecule has 1 aliphatic heterocycles. The summed E-state index contributed by atoms with van der Waals surface area (Å²) in [5, 5.41) is 5.39. The molecule has 0 unspecified atom stereocenters. The molecule has 2 aromatic carbocycles. The zero-order valence-electron chi connectivity index (χ0n) is 17.3. The van der Waals surface area contributed by atoms with Gasteiger partial charge in [-0.2, -0.15) is 5.10 Å². The normalized spacial score (nSPS) is 14.8. The highest BCUT2D eigenvalue weighted by atomic mass is 35.5. The van der Waals surface area contributed by atoms with Crippen LogP contribution in [-0.2, 0) is 6.54 Å². The fraction of sp³-hybridized carbons (Fsp3) is 0.333. The second-order valence-corrected chi connectivity index (χ2v) is 8.21. The van der Waals surface area contributed by atoms with Crippen LogP contribution in [-0.4, -0.2) is 47.4 Å². The van der Waals surface area contributed by atoms with Crippen LogP contribution < -0.4 is 10.5 Å². The van der Waals surface area contributed by atoms with Crippen LogP contribution in [0.2, 0.25) is 5.02 Å². The van der Waals surface area contributed by atoms with E-state index in [1.54, 1.807) is 4.68 Å². The molecule has 1 aliphatic rings. The highest BCUT2D eigenvalue weighted by Gasteiger charge is 2.17. The van der Waals surface area contributed by atoms with E-state index >= 15 is 0 Å². The molecule has 4 rings (SSSR count). The summed E-state index contributed by atoms with van der Waals surface area (Å²) >= 11 is 6.12. The van der Waals surface area contributed by atoms with E-state index < -0.39 is 0 Å². The lowest BCUT2D eigenvalue weighted by Gasteiger charge is -2.36. The summed E-state index contributed by atoms with van der Waals surface area (Å²) in [7, 11) is 0. The van der Waals surface area contributed by atoms with Crippen LogP contribution in [0.25, 0.3) is 11.3 Å². The van der Waals surface area contributed by atoms with Gasteiger partial charge < -0.3 is 4.90 Å². The van der Waals surface area contributed by atoms with Crippen LogP contribution in [0.5, 0.6) is 0 Å². The SMILES string of the molecule is Cc1cc(-c2ccccc2)nn(CCCN2CCN(c3cccc(Cl)c3)CC2)c1=O. The molecule has 0 amide bonds. The maximum atomic E-state index is 12.5. The number of aromatic nitrogens is 2. The third-order valence-corrected chi connectivity index (χ3v) is 5.85. The van der Waals surface area contributed by atoms with Crippen LogP contribution in [0.4, 0.5) is 5.69 Å². The number of aryl methyl sites for hydroxylation is 2. The zero-order chi connectivity index (χ0) is 20.9. The van der Waals surface area contributed by atoms with E-state index in [1.165, 1.54) is 5.69 Å². The summed E-state index contributed by atoms with van der Waals surface area (Å²) in [5.74, 6) is 0. The first-order valence-electron chi connectivity index (χ1n) is 10.5. The number of hydrogen-bond acceptors (Lipinski definition) is 4. The van der Waals surface area contributed by atoms with Crippen LogP contribution in [0.15, 0.2) is 65.5 Å². The Balaban J connectivity index is 1.33. The van der Waals surface area contributed by atoms with Crippen LogP contribution in [0, 0.1) is 6.92 Å². The Morgan fingerprint density at radius 3 is 2.43 bits per heavy atom. The van der Waals surface area contributed by atoms with Gasteiger partial charge in [-0.25, -0.2) is 4.68 Å². The Bertz CT molecular complexity index is 1040. The second kappa shape index (κ2) is 9.45. The average molecular weight is 423 g/mol. The van der Waals surface area contributed by atoms with Crippen molar-refractivity contribution in [2.45, 2.75) is 19.9 Å². The maximum absolute atomic E-state index is 12.5. The molecule has 2 heterocycles. The molecule has 30 heavy (non-hydrogen) atoms. The molecular weight excluding hydrogens is 396 g/mol. The van der Waals surface area contributed by atoms with Crippen molar-refractivity contribution >= 4 is 17.3 Å². The minimum atomic E-state index is 0.000423. The highest BCUT2D eigenvalue weighted by Crippen LogP contribution is 2.21. The van der Waals surface area contributed by atoms with Crippen molar-refractivity contribution in [1.82, 2.24) is 14.7 Å². The summed E-state index contributed by atoms with van der Waals surface area (Å²) < 4.78 is 1.62. The van der Waals surface area contributed by atoms with Crippen molar-refractivity contribution < 1.29 is 0 Å². The molecule has 3 aromatic rings. The third-order valence-electron chi connectivity index (χ3n) is 5.61. The molecular formula is C24H27ClN4O. The van der Waals surface area contributed by atoms with Gasteiger partial charge in [-0.1, -0.05) is 48.0 Å². The first-order valence-corrected chi connectivity index (χ1v) is 10.8. The van der Waals surface area contributed by atoms with E-state index in [2.05, 4.69) is 21.0 Å². The Morgan fingerprint density at radius 2 is 1.70 bits per heavy atom. The van der Waals surface area contributed by atoms with Gasteiger partial charge >= 0.3 is 0 Å². The van der Waals surface area contributed by atoms with Gasteiger partial charge in [-0.15, -0.1) is 0 Å². The van der Waals surface area contributed by atoms with Gasteiger partial charge in [0.2, 0.25) is 0 Å². The van der Waals surface area contributed by atoms with Gasteiger partial charge in [-0.3, -0.25) is 9.69 Å². The van der Waals surface area contributed by atoms with Crippen molar-refractivity contribution in [3.05, 3.63) is 81.6 Å². The first kappa shape index (κ1) is 20.6. The molecule has 6 heteroatoms. The lowest BCUT2D eigenvalue weighted by Crippen LogP contribution is -2.46. The zero-order valence-corrected chi connectivity index (χ0v) is 18.1. The molecule has 1 saturated heterocycles. The largest absolute Gasteiger partial charge is 0.369 e. The Kier molecular flexibility index (Phi) is 6.50. The van der Waals surface area contributed by atoms with Crippen LogP contribution >= 0.6 is 11.6 Å². The highest BCUT2D eigenvalue weighted by molar-refractivity contribution is 6.30. The fourth-order valence-electron chi connectivity index (χ4n) is 3.92. The summed E-state index contributed by atoms with van der Waals surface area (Å²) in [6.07, 6.45) is 0.905. The van der Waals surface area contributed by atoms with Crippen LogP contribution in [0.1, 0.15) is 12.0 Å². The second-order valence-electron chi connectivity index (χ2n) is 7.77. The van der Waals surface area contributed by atoms with Crippen molar-refractivity contribution in [2.24, 2.45) is 0 Å². The Labute approximate surface area is 182 Å². The Morgan fingerprint density at radius 1 is 0.933 bits per heavy atom. The number of rotatable bonds is 6. The first-order chi connectivity index (χ1) is 14.6. The lowest BCUT2D eigenvalue weighted by atomic mass is 10.1. The standard InChI is InChI=1S/C24H27ClN4O/c1-19-17-23(20-7-3-2-4-8-20)26-29(24(19)30)12-6-11-27-13-15-28(16-14-27)22-10-5-9-21(25)18-22/h2-5,7-10,17-18H,6,11-16H2,1H3. The predicted octanol–water partition coefficient (Wildman–Crippen LogP) is 4.08. The number of nitrogens with zero attached hydrogens (tertiary/aromatic N) is 4. The van der Waals surface area contributed by atoms with Gasteiger partial charge in [0.05, 0.1) is 5.69 Å². The topological polar surface area (TPSA) is 41.4 Å². The molecule has 0 spiro atoms. The van der Waals surface area contributed by atoms with Crippen molar-refractivity contribution in [2.75, 3.05) is 37.6 Å². The van der Waals surface area contributed by atoms with Crippen molar-refractivity contribution in [1.29, 1.82) is 0 Å². The van der Waals surface area contributed by atoms with Crippen LogP contribution in [0.3, 0.4) is 0 Å². The van der Waals surface area contributed by atoms with E-state index in [9.17, 15) is 4.79 Å². The molecule has 0 bridgehead atoms. The molecule has 156 valence electrons. The number of halogens is 1. The van der Waals surface area contributed by atoms with Crippen molar-refractivity contribution in [3.8, 4) is 11.3 Å². The fourth-order valence-corrected chi connectivity index (χ4v) is 4.11. The molecule has 0 N–H and O–H groups in total. The molecule has 1 aromatic heterocycles. The van der Waals surface area contributed by atoms with Gasteiger partial charge in [0.15, 0.2) is 0 Å². The molecule has 1 fully saturated rings. The van der Waals surface area contributed by atoms with Gasteiger partial charge in [0, 0.05) is 61.1 Å². The lowest BCUT2D eigenvalue weighted by molar-refractivity contribution is 0.248. The quantitative estimate of drug-likeness (QED) is 0.600. The van der Waals surface area contributed by atoms with E-state index in [1.807, 2.05) is 61.5 Å². The van der Waals surface area contributed by atoms with E-state index in [-0.39, 0.29) is 5.56 Å². The summed E-state index contributed by atoms with van der Waals surface area (Å²) in [6, 6.07) is 19.9. The number of piperazine rings is 1. The van der Waals surface area contributed by atoms with Crippen molar-refractivity contribution in [3.63, 3.8) is 0 Å². The maximum Gasteiger partial charge on any atom is 0.269 e. The molecule has 0 saturated carbocycles. The molecule has 0 radical (unpaired) electrons. The van der Waals surface area contributed by atoms with E-state index in [0.29, 0.717) is 6.54 Å². The summed E-state index contributed by atoms with van der Waals surface area (Å²) in [4.78, 5) is 17.4. The van der Waals surface area contributed by atoms with E-state index in [4.69, 9.17) is 11.6 Å². The third kappa shape index (κ3) is 4.91. The smallest absolute Gasteiger partial charge is 0.269 e. The molecule has 0 aliphatic carbocycles. The summed E-state index contributed by atoms with van der Waals surface area (Å²) in [5.41, 5.74) is 3.81. The summed E-state index contributed by atoms with van der Waals surface area (Å²) in [6.45, 7) is 7.46. The number of anilines is 1. The van der Waals surface area contributed by atoms with Gasteiger partial charge in [-0.05, 0) is 37.6 Å².